The Labute approximate surface area is 94.0 Å². The van der Waals surface area contributed by atoms with Gasteiger partial charge in [-0.05, 0) is 24.5 Å². The van der Waals surface area contributed by atoms with Crippen molar-refractivity contribution in [1.29, 1.82) is 0 Å². The Morgan fingerprint density at radius 2 is 2.50 bits per heavy atom. The number of ketones is 1. The lowest BCUT2D eigenvalue weighted by Crippen LogP contribution is -2.11. The summed E-state index contributed by atoms with van der Waals surface area (Å²) in [5, 5.41) is 11.4. The van der Waals surface area contributed by atoms with Crippen LogP contribution in [0.25, 0.3) is 0 Å². The number of ether oxygens (including phenoxy) is 1. The summed E-state index contributed by atoms with van der Waals surface area (Å²) in [5.41, 5.74) is 0. The van der Waals surface area contributed by atoms with E-state index < -0.39 is 0 Å². The summed E-state index contributed by atoms with van der Waals surface area (Å²) in [6, 6.07) is 0. The Hall–Kier alpha value is -1.30. The number of carbonyl (C=O) groups excluding carboxylic acids is 1. The maximum absolute atomic E-state index is 11.6. The van der Waals surface area contributed by atoms with Crippen molar-refractivity contribution in [2.24, 2.45) is 7.05 Å². The molecule has 0 spiro atoms. The summed E-state index contributed by atoms with van der Waals surface area (Å²) < 4.78 is 5.46. The van der Waals surface area contributed by atoms with Gasteiger partial charge in [-0.1, -0.05) is 0 Å². The number of aromatic nitrogens is 4. The van der Waals surface area contributed by atoms with E-state index in [1.54, 1.807) is 7.05 Å². The van der Waals surface area contributed by atoms with Crippen molar-refractivity contribution in [3.63, 3.8) is 0 Å². The van der Waals surface area contributed by atoms with Gasteiger partial charge in [0.1, 0.15) is 5.78 Å². The Morgan fingerprint density at radius 1 is 1.62 bits per heavy atom. The van der Waals surface area contributed by atoms with Crippen LogP contribution in [-0.4, -0.2) is 38.7 Å². The summed E-state index contributed by atoms with van der Waals surface area (Å²) in [6.45, 7) is 0.838. The van der Waals surface area contributed by atoms with Crippen LogP contribution in [0.15, 0.2) is 0 Å². The molecule has 2 heterocycles. The molecule has 0 bridgehead atoms. The molecule has 1 aromatic heterocycles. The molecule has 1 aliphatic heterocycles. The molecular formula is C10H16N4O2. The van der Waals surface area contributed by atoms with Gasteiger partial charge < -0.3 is 4.74 Å². The lowest BCUT2D eigenvalue weighted by atomic mass is 10.1. The number of hydrogen-bond acceptors (Lipinski definition) is 5. The van der Waals surface area contributed by atoms with Gasteiger partial charge in [0.05, 0.1) is 19.6 Å². The number of aryl methyl sites for hydroxylation is 1. The van der Waals surface area contributed by atoms with Gasteiger partial charge in [-0.15, -0.1) is 10.2 Å². The van der Waals surface area contributed by atoms with Crippen LogP contribution >= 0.6 is 0 Å². The zero-order chi connectivity index (χ0) is 11.4. The lowest BCUT2D eigenvalue weighted by molar-refractivity contribution is -0.119. The van der Waals surface area contributed by atoms with Crippen LogP contribution in [0.3, 0.4) is 0 Å². The number of tetrazole rings is 1. The molecular weight excluding hydrogens is 208 g/mol. The highest BCUT2D eigenvalue weighted by Gasteiger charge is 2.17. The van der Waals surface area contributed by atoms with Crippen molar-refractivity contribution in [3.8, 4) is 0 Å². The first-order valence-electron chi connectivity index (χ1n) is 5.60. The highest BCUT2D eigenvalue weighted by molar-refractivity contribution is 5.80. The third-order valence-corrected chi connectivity index (χ3v) is 2.67. The molecule has 1 fully saturated rings. The van der Waals surface area contributed by atoms with E-state index in [1.165, 1.54) is 4.80 Å². The van der Waals surface area contributed by atoms with Crippen LogP contribution < -0.4 is 0 Å². The molecule has 1 saturated heterocycles. The monoisotopic (exact) mass is 224 g/mol. The van der Waals surface area contributed by atoms with E-state index in [4.69, 9.17) is 4.74 Å². The standard InChI is InChI=1S/C10H16N4O2/c1-14-12-10(11-13-14)7-8(15)4-5-9-3-2-6-16-9/h9H,2-7H2,1H3. The van der Waals surface area contributed by atoms with Crippen molar-refractivity contribution < 1.29 is 9.53 Å². The molecule has 1 atom stereocenters. The predicted molar refractivity (Wildman–Crippen MR) is 55.7 cm³/mol. The summed E-state index contributed by atoms with van der Waals surface area (Å²) in [7, 11) is 1.69. The molecule has 2 rings (SSSR count). The smallest absolute Gasteiger partial charge is 0.182 e. The molecule has 6 heteroatoms. The zero-order valence-corrected chi connectivity index (χ0v) is 9.43. The second-order valence-electron chi connectivity index (χ2n) is 4.08. The van der Waals surface area contributed by atoms with Gasteiger partial charge in [0, 0.05) is 13.0 Å². The Morgan fingerprint density at radius 3 is 3.12 bits per heavy atom. The van der Waals surface area contributed by atoms with E-state index in [-0.39, 0.29) is 18.3 Å². The summed E-state index contributed by atoms with van der Waals surface area (Å²) >= 11 is 0. The van der Waals surface area contributed by atoms with Crippen LogP contribution in [0.1, 0.15) is 31.5 Å². The molecule has 88 valence electrons. The number of rotatable bonds is 5. The molecule has 1 aliphatic rings. The molecule has 16 heavy (non-hydrogen) atoms. The van der Waals surface area contributed by atoms with Crippen molar-refractivity contribution in [2.45, 2.75) is 38.2 Å². The maximum atomic E-state index is 11.6. The van der Waals surface area contributed by atoms with Gasteiger partial charge in [0.25, 0.3) is 0 Å². The third-order valence-electron chi connectivity index (χ3n) is 2.67. The van der Waals surface area contributed by atoms with Gasteiger partial charge in [-0.2, -0.15) is 4.80 Å². The SMILES string of the molecule is Cn1nnc(CC(=O)CCC2CCCO2)n1. The van der Waals surface area contributed by atoms with Crippen LogP contribution in [0.5, 0.6) is 0 Å². The Balaban J connectivity index is 1.71. The third kappa shape index (κ3) is 3.10. The van der Waals surface area contributed by atoms with Crippen LogP contribution in [0.4, 0.5) is 0 Å². The fraction of sp³-hybridized carbons (Fsp3) is 0.800. The first kappa shape index (κ1) is 11.2. The predicted octanol–water partition coefficient (Wildman–Crippen LogP) is 0.281. The summed E-state index contributed by atoms with van der Waals surface area (Å²) in [6.07, 6.45) is 4.11. The second kappa shape index (κ2) is 5.16. The average molecular weight is 224 g/mol. The number of hydrogen-bond donors (Lipinski definition) is 0. The summed E-state index contributed by atoms with van der Waals surface area (Å²) in [5.74, 6) is 0.656. The van der Waals surface area contributed by atoms with E-state index >= 15 is 0 Å². The van der Waals surface area contributed by atoms with Gasteiger partial charge in [-0.3, -0.25) is 4.79 Å². The highest BCUT2D eigenvalue weighted by atomic mass is 16.5. The molecule has 0 aromatic carbocycles. The first-order chi connectivity index (χ1) is 7.74. The van der Waals surface area contributed by atoms with E-state index in [2.05, 4.69) is 15.4 Å². The van der Waals surface area contributed by atoms with Gasteiger partial charge in [0.15, 0.2) is 5.82 Å². The van der Waals surface area contributed by atoms with Gasteiger partial charge in [-0.25, -0.2) is 0 Å². The van der Waals surface area contributed by atoms with Crippen molar-refractivity contribution in [1.82, 2.24) is 20.2 Å². The van der Waals surface area contributed by atoms with Crippen LogP contribution in [0, 0.1) is 0 Å². The van der Waals surface area contributed by atoms with Gasteiger partial charge in [0.2, 0.25) is 0 Å². The number of Topliss-reactive ketones (excluding diaryl/α,β-unsaturated/α-hetero) is 1. The van der Waals surface area contributed by atoms with E-state index in [0.717, 1.165) is 25.9 Å². The highest BCUT2D eigenvalue weighted by Crippen LogP contribution is 2.17. The molecule has 0 N–H and O–H groups in total. The van der Waals surface area contributed by atoms with Crippen molar-refractivity contribution in [2.75, 3.05) is 6.61 Å². The van der Waals surface area contributed by atoms with Crippen molar-refractivity contribution in [3.05, 3.63) is 5.82 Å². The Kier molecular flexibility index (Phi) is 3.61. The minimum absolute atomic E-state index is 0.156. The number of nitrogens with zero attached hydrogens (tertiary/aromatic N) is 4. The molecule has 0 amide bonds. The quantitative estimate of drug-likeness (QED) is 0.718. The Bertz CT molecular complexity index is 357. The van der Waals surface area contributed by atoms with Gasteiger partial charge >= 0.3 is 0 Å². The van der Waals surface area contributed by atoms with E-state index in [1.807, 2.05) is 0 Å². The average Bonchev–Trinajstić information content (AvgIpc) is 2.87. The summed E-state index contributed by atoms with van der Waals surface area (Å²) in [4.78, 5) is 13.0. The molecule has 0 aliphatic carbocycles. The molecule has 0 saturated carbocycles. The molecule has 1 unspecified atom stereocenters. The van der Waals surface area contributed by atoms with E-state index in [0.29, 0.717) is 12.2 Å². The molecule has 1 aromatic rings. The fourth-order valence-corrected chi connectivity index (χ4v) is 1.85. The fourth-order valence-electron chi connectivity index (χ4n) is 1.85. The minimum Gasteiger partial charge on any atom is -0.378 e. The largest absolute Gasteiger partial charge is 0.378 e. The molecule has 6 nitrogen and oxygen atoms in total. The lowest BCUT2D eigenvalue weighted by Gasteiger charge is -2.06. The topological polar surface area (TPSA) is 69.9 Å². The second-order valence-corrected chi connectivity index (χ2v) is 4.08. The van der Waals surface area contributed by atoms with Crippen LogP contribution in [0.2, 0.25) is 0 Å². The van der Waals surface area contributed by atoms with Crippen molar-refractivity contribution >= 4 is 5.78 Å². The maximum Gasteiger partial charge on any atom is 0.182 e. The van der Waals surface area contributed by atoms with E-state index in [9.17, 15) is 4.79 Å². The van der Waals surface area contributed by atoms with Crippen LogP contribution in [-0.2, 0) is 23.0 Å². The first-order valence-corrected chi connectivity index (χ1v) is 5.60. The zero-order valence-electron chi connectivity index (χ0n) is 9.43. The molecule has 0 radical (unpaired) electrons. The normalized spacial score (nSPS) is 20.2. The minimum atomic E-state index is 0.156. The number of carbonyl (C=O) groups is 1.